The molecular formula is C14H20N2O4. The summed E-state index contributed by atoms with van der Waals surface area (Å²) in [4.78, 5) is 11.9. The third kappa shape index (κ3) is 4.40. The highest BCUT2D eigenvalue weighted by molar-refractivity contribution is 5.91. The topological polar surface area (TPSA) is 68.8 Å². The van der Waals surface area contributed by atoms with Gasteiger partial charge in [0.15, 0.2) is 0 Å². The molecule has 2 N–H and O–H groups in total. The summed E-state index contributed by atoms with van der Waals surface area (Å²) >= 11 is 0. The summed E-state index contributed by atoms with van der Waals surface area (Å²) < 4.78 is 15.7. The van der Waals surface area contributed by atoms with E-state index in [0.29, 0.717) is 37.9 Å². The molecular weight excluding hydrogens is 260 g/mol. The van der Waals surface area contributed by atoms with Crippen LogP contribution in [0.4, 0.5) is 10.5 Å². The van der Waals surface area contributed by atoms with Gasteiger partial charge in [0, 0.05) is 13.7 Å². The molecule has 1 heterocycles. The molecule has 1 saturated heterocycles. The first-order valence-electron chi connectivity index (χ1n) is 6.65. The number of carbonyl (C=O) groups is 1. The van der Waals surface area contributed by atoms with Gasteiger partial charge in [0.25, 0.3) is 0 Å². The van der Waals surface area contributed by atoms with E-state index in [0.717, 1.165) is 6.42 Å². The number of methoxy groups -OCH3 is 1. The third-order valence-corrected chi connectivity index (χ3v) is 2.95. The zero-order valence-electron chi connectivity index (χ0n) is 11.6. The predicted molar refractivity (Wildman–Crippen MR) is 75.2 cm³/mol. The fourth-order valence-electron chi connectivity index (χ4n) is 1.92. The molecule has 0 saturated carbocycles. The molecule has 0 bridgehead atoms. The van der Waals surface area contributed by atoms with Gasteiger partial charge in [-0.25, -0.2) is 4.79 Å². The minimum atomic E-state index is -0.247. The van der Waals surface area contributed by atoms with Crippen LogP contribution in [-0.2, 0) is 9.47 Å². The maximum absolute atomic E-state index is 11.9. The smallest absolute Gasteiger partial charge is 0.319 e. The summed E-state index contributed by atoms with van der Waals surface area (Å²) in [6.45, 7) is 2.20. The molecule has 1 fully saturated rings. The zero-order chi connectivity index (χ0) is 14.2. The van der Waals surface area contributed by atoms with Crippen molar-refractivity contribution in [2.45, 2.75) is 12.5 Å². The van der Waals surface area contributed by atoms with Crippen molar-refractivity contribution in [3.05, 3.63) is 24.3 Å². The first kappa shape index (κ1) is 14.6. The SMILES string of the molecule is COCCOc1ccccc1NC(=O)N[C@H]1CCOC1. The number of amides is 2. The fourth-order valence-corrected chi connectivity index (χ4v) is 1.92. The maximum Gasteiger partial charge on any atom is 0.319 e. The van der Waals surface area contributed by atoms with Crippen LogP contribution in [0.2, 0.25) is 0 Å². The molecule has 1 aromatic carbocycles. The van der Waals surface area contributed by atoms with Crippen molar-refractivity contribution >= 4 is 11.7 Å². The molecule has 2 amide bonds. The fraction of sp³-hybridized carbons (Fsp3) is 0.500. The molecule has 1 aliphatic heterocycles. The minimum absolute atomic E-state index is 0.0802. The van der Waals surface area contributed by atoms with Crippen LogP contribution in [0.3, 0.4) is 0 Å². The average molecular weight is 280 g/mol. The summed E-state index contributed by atoms with van der Waals surface area (Å²) in [6.07, 6.45) is 0.847. The van der Waals surface area contributed by atoms with Crippen LogP contribution in [0.1, 0.15) is 6.42 Å². The van der Waals surface area contributed by atoms with Crippen LogP contribution in [0.25, 0.3) is 0 Å². The quantitative estimate of drug-likeness (QED) is 0.777. The lowest BCUT2D eigenvalue weighted by molar-refractivity contribution is 0.146. The number of nitrogens with one attached hydrogen (secondary N) is 2. The van der Waals surface area contributed by atoms with E-state index in [1.807, 2.05) is 18.2 Å². The molecule has 110 valence electrons. The number of urea groups is 1. The van der Waals surface area contributed by atoms with E-state index in [9.17, 15) is 4.79 Å². The van der Waals surface area contributed by atoms with Gasteiger partial charge in [-0.15, -0.1) is 0 Å². The lowest BCUT2D eigenvalue weighted by Gasteiger charge is -2.14. The monoisotopic (exact) mass is 280 g/mol. The number of hydrogen-bond acceptors (Lipinski definition) is 4. The highest BCUT2D eigenvalue weighted by Gasteiger charge is 2.18. The molecule has 0 aromatic heterocycles. The Hall–Kier alpha value is -1.79. The molecule has 0 radical (unpaired) electrons. The van der Waals surface area contributed by atoms with Crippen LogP contribution < -0.4 is 15.4 Å². The highest BCUT2D eigenvalue weighted by Crippen LogP contribution is 2.23. The molecule has 1 aromatic rings. The molecule has 1 atom stereocenters. The van der Waals surface area contributed by atoms with E-state index in [2.05, 4.69) is 10.6 Å². The summed E-state index contributed by atoms with van der Waals surface area (Å²) in [7, 11) is 1.62. The van der Waals surface area contributed by atoms with E-state index in [-0.39, 0.29) is 12.1 Å². The van der Waals surface area contributed by atoms with Gasteiger partial charge in [-0.2, -0.15) is 0 Å². The van der Waals surface area contributed by atoms with E-state index in [1.54, 1.807) is 13.2 Å². The highest BCUT2D eigenvalue weighted by atomic mass is 16.5. The number of hydrogen-bond donors (Lipinski definition) is 2. The minimum Gasteiger partial charge on any atom is -0.489 e. The average Bonchev–Trinajstić information content (AvgIpc) is 2.93. The Morgan fingerprint density at radius 2 is 2.25 bits per heavy atom. The van der Waals surface area contributed by atoms with Crippen molar-refractivity contribution in [3.63, 3.8) is 0 Å². The summed E-state index contributed by atoms with van der Waals surface area (Å²) in [6, 6.07) is 7.14. The van der Waals surface area contributed by atoms with Gasteiger partial charge in [0.05, 0.1) is 24.9 Å². The van der Waals surface area contributed by atoms with Gasteiger partial charge in [-0.05, 0) is 18.6 Å². The largest absolute Gasteiger partial charge is 0.489 e. The lowest BCUT2D eigenvalue weighted by Crippen LogP contribution is -2.38. The standard InChI is InChI=1S/C14H20N2O4/c1-18-8-9-20-13-5-3-2-4-12(13)16-14(17)15-11-6-7-19-10-11/h2-5,11H,6-10H2,1H3,(H2,15,16,17)/t11-/m0/s1. The van der Waals surface area contributed by atoms with Crippen LogP contribution in [-0.4, -0.2) is 45.6 Å². The van der Waals surface area contributed by atoms with E-state index >= 15 is 0 Å². The van der Waals surface area contributed by atoms with Gasteiger partial charge < -0.3 is 24.8 Å². The van der Waals surface area contributed by atoms with Gasteiger partial charge in [0.2, 0.25) is 0 Å². The van der Waals surface area contributed by atoms with Crippen molar-refractivity contribution in [1.29, 1.82) is 0 Å². The number of benzene rings is 1. The normalized spacial score (nSPS) is 17.8. The summed E-state index contributed by atoms with van der Waals surface area (Å²) in [5, 5.41) is 5.66. The molecule has 1 aliphatic rings. The van der Waals surface area contributed by atoms with Gasteiger partial charge in [-0.3, -0.25) is 0 Å². The van der Waals surface area contributed by atoms with Crippen LogP contribution >= 0.6 is 0 Å². The summed E-state index contributed by atoms with van der Waals surface area (Å²) in [5.74, 6) is 0.627. The van der Waals surface area contributed by atoms with Crippen molar-refractivity contribution in [3.8, 4) is 5.75 Å². The summed E-state index contributed by atoms with van der Waals surface area (Å²) in [5.41, 5.74) is 0.639. The number of para-hydroxylation sites is 2. The molecule has 2 rings (SSSR count). The van der Waals surface area contributed by atoms with E-state index < -0.39 is 0 Å². The molecule has 0 aliphatic carbocycles. The van der Waals surface area contributed by atoms with Crippen molar-refractivity contribution in [2.24, 2.45) is 0 Å². The van der Waals surface area contributed by atoms with Gasteiger partial charge >= 0.3 is 6.03 Å². The zero-order valence-corrected chi connectivity index (χ0v) is 11.6. The Kier molecular flexibility index (Phi) is 5.64. The lowest BCUT2D eigenvalue weighted by atomic mass is 10.2. The predicted octanol–water partition coefficient (Wildman–Crippen LogP) is 1.62. The molecule has 0 unspecified atom stereocenters. The number of rotatable bonds is 6. The van der Waals surface area contributed by atoms with Crippen molar-refractivity contribution in [1.82, 2.24) is 5.32 Å². The maximum atomic E-state index is 11.9. The van der Waals surface area contributed by atoms with Crippen LogP contribution in [0, 0.1) is 0 Å². The molecule has 6 nitrogen and oxygen atoms in total. The van der Waals surface area contributed by atoms with Crippen LogP contribution in [0.15, 0.2) is 24.3 Å². The Bertz CT molecular complexity index is 433. The van der Waals surface area contributed by atoms with Gasteiger partial charge in [0.1, 0.15) is 12.4 Å². The first-order valence-corrected chi connectivity index (χ1v) is 6.65. The van der Waals surface area contributed by atoms with E-state index in [1.165, 1.54) is 0 Å². The molecule has 0 spiro atoms. The number of anilines is 1. The number of ether oxygens (including phenoxy) is 3. The Morgan fingerprint density at radius 3 is 3.00 bits per heavy atom. The van der Waals surface area contributed by atoms with Crippen molar-refractivity contribution < 1.29 is 19.0 Å². The first-order chi connectivity index (χ1) is 9.79. The van der Waals surface area contributed by atoms with Crippen molar-refractivity contribution in [2.75, 3.05) is 38.9 Å². The second-order valence-electron chi connectivity index (χ2n) is 4.50. The third-order valence-electron chi connectivity index (χ3n) is 2.95. The Morgan fingerprint density at radius 1 is 1.40 bits per heavy atom. The van der Waals surface area contributed by atoms with E-state index in [4.69, 9.17) is 14.2 Å². The number of carbonyl (C=O) groups excluding carboxylic acids is 1. The Labute approximate surface area is 118 Å². The second kappa shape index (κ2) is 7.72. The Balaban J connectivity index is 1.88. The molecule has 6 heteroatoms. The molecule has 20 heavy (non-hydrogen) atoms. The van der Waals surface area contributed by atoms with Crippen LogP contribution in [0.5, 0.6) is 5.75 Å². The second-order valence-corrected chi connectivity index (χ2v) is 4.50. The van der Waals surface area contributed by atoms with Gasteiger partial charge in [-0.1, -0.05) is 12.1 Å².